The van der Waals surface area contributed by atoms with Crippen LogP contribution in [0.5, 0.6) is 5.75 Å². The smallest absolute Gasteiger partial charge is 0.126 e. The van der Waals surface area contributed by atoms with Crippen LogP contribution in [0.15, 0.2) is 36.4 Å². The fourth-order valence-corrected chi connectivity index (χ4v) is 2.26. The number of hydrogen-bond donors (Lipinski definition) is 1. The van der Waals surface area contributed by atoms with E-state index >= 15 is 0 Å². The Balaban J connectivity index is 2.20. The largest absolute Gasteiger partial charge is 0.496 e. The van der Waals surface area contributed by atoms with Crippen LogP contribution >= 0.6 is 0 Å². The molecule has 0 saturated carbocycles. The molecule has 2 nitrogen and oxygen atoms in total. The zero-order valence-corrected chi connectivity index (χ0v) is 12.1. The van der Waals surface area contributed by atoms with Crippen LogP contribution in [-0.4, -0.2) is 13.7 Å². The van der Waals surface area contributed by atoms with Gasteiger partial charge in [0.05, 0.1) is 7.11 Å². The van der Waals surface area contributed by atoms with Crippen molar-refractivity contribution in [1.29, 1.82) is 0 Å². The minimum atomic E-state index is 0.726. The average molecular weight is 257 g/mol. The molecular weight excluding hydrogens is 234 g/mol. The lowest BCUT2D eigenvalue weighted by Gasteiger charge is -2.13. The van der Waals surface area contributed by atoms with Crippen LogP contribution in [0.4, 0.5) is 0 Å². The quantitative estimate of drug-likeness (QED) is 0.845. The van der Waals surface area contributed by atoms with Gasteiger partial charge in [-0.15, -0.1) is 0 Å². The van der Waals surface area contributed by atoms with Gasteiger partial charge < -0.3 is 10.1 Å². The molecule has 0 aliphatic carbocycles. The van der Waals surface area contributed by atoms with E-state index in [2.05, 4.69) is 55.6 Å². The van der Waals surface area contributed by atoms with Gasteiger partial charge in [0.25, 0.3) is 0 Å². The SMILES string of the molecule is CCC(C)CNCc1ccc(OC)c2ccccc12. The second kappa shape index (κ2) is 6.58. The van der Waals surface area contributed by atoms with Gasteiger partial charge in [0.2, 0.25) is 0 Å². The third kappa shape index (κ3) is 3.27. The predicted octanol–water partition coefficient (Wildman–Crippen LogP) is 3.98. The predicted molar refractivity (Wildman–Crippen MR) is 81.7 cm³/mol. The highest BCUT2D eigenvalue weighted by molar-refractivity contribution is 5.91. The number of rotatable bonds is 6. The van der Waals surface area contributed by atoms with Gasteiger partial charge in [-0.05, 0) is 29.5 Å². The van der Waals surface area contributed by atoms with E-state index in [-0.39, 0.29) is 0 Å². The topological polar surface area (TPSA) is 21.3 Å². The molecule has 2 aromatic carbocycles. The third-order valence-electron chi connectivity index (χ3n) is 3.70. The fourth-order valence-electron chi connectivity index (χ4n) is 2.26. The summed E-state index contributed by atoms with van der Waals surface area (Å²) in [6, 6.07) is 12.6. The van der Waals surface area contributed by atoms with Crippen LogP contribution in [0.3, 0.4) is 0 Å². The van der Waals surface area contributed by atoms with Gasteiger partial charge in [-0.25, -0.2) is 0 Å². The highest BCUT2D eigenvalue weighted by atomic mass is 16.5. The van der Waals surface area contributed by atoms with E-state index in [1.165, 1.54) is 22.8 Å². The van der Waals surface area contributed by atoms with Gasteiger partial charge in [-0.1, -0.05) is 50.6 Å². The maximum atomic E-state index is 5.42. The molecule has 0 spiro atoms. The van der Waals surface area contributed by atoms with E-state index in [0.717, 1.165) is 24.8 Å². The molecular formula is C17H23NO. The van der Waals surface area contributed by atoms with E-state index < -0.39 is 0 Å². The van der Waals surface area contributed by atoms with Crippen molar-refractivity contribution in [3.63, 3.8) is 0 Å². The molecule has 0 radical (unpaired) electrons. The molecule has 0 aliphatic heterocycles. The van der Waals surface area contributed by atoms with Gasteiger partial charge in [0.15, 0.2) is 0 Å². The number of hydrogen-bond acceptors (Lipinski definition) is 2. The number of fused-ring (bicyclic) bond motifs is 1. The molecule has 102 valence electrons. The minimum absolute atomic E-state index is 0.726. The minimum Gasteiger partial charge on any atom is -0.496 e. The number of ether oxygens (including phenoxy) is 1. The standard InChI is InChI=1S/C17H23NO/c1-4-13(2)11-18-12-14-9-10-17(19-3)16-8-6-5-7-15(14)16/h5-10,13,18H,4,11-12H2,1-3H3. The summed E-state index contributed by atoms with van der Waals surface area (Å²) in [5.41, 5.74) is 1.33. The van der Waals surface area contributed by atoms with Gasteiger partial charge >= 0.3 is 0 Å². The van der Waals surface area contributed by atoms with Crippen LogP contribution in [0.1, 0.15) is 25.8 Å². The molecule has 0 heterocycles. The Kier molecular flexibility index (Phi) is 4.80. The first kappa shape index (κ1) is 13.9. The molecule has 0 bridgehead atoms. The van der Waals surface area contributed by atoms with Crippen molar-refractivity contribution in [3.05, 3.63) is 42.0 Å². The Hall–Kier alpha value is -1.54. The Bertz CT molecular complexity index is 536. The van der Waals surface area contributed by atoms with Gasteiger partial charge in [0.1, 0.15) is 5.75 Å². The summed E-state index contributed by atoms with van der Waals surface area (Å²) in [5, 5.41) is 6.01. The second-order valence-corrected chi connectivity index (χ2v) is 5.12. The summed E-state index contributed by atoms with van der Waals surface area (Å²) in [6.07, 6.45) is 1.22. The Labute approximate surface area is 115 Å². The van der Waals surface area contributed by atoms with Crippen molar-refractivity contribution < 1.29 is 4.74 Å². The second-order valence-electron chi connectivity index (χ2n) is 5.12. The first-order valence-corrected chi connectivity index (χ1v) is 7.01. The molecule has 0 saturated heterocycles. The lowest BCUT2D eigenvalue weighted by molar-refractivity contribution is 0.419. The average Bonchev–Trinajstić information content (AvgIpc) is 2.47. The Morgan fingerprint density at radius 1 is 1.11 bits per heavy atom. The third-order valence-corrected chi connectivity index (χ3v) is 3.70. The van der Waals surface area contributed by atoms with Gasteiger partial charge in [-0.3, -0.25) is 0 Å². The molecule has 0 amide bonds. The summed E-state index contributed by atoms with van der Waals surface area (Å²) in [4.78, 5) is 0. The van der Waals surface area contributed by atoms with Crippen molar-refractivity contribution in [3.8, 4) is 5.75 Å². The van der Waals surface area contributed by atoms with Crippen LogP contribution in [-0.2, 0) is 6.54 Å². The van der Waals surface area contributed by atoms with E-state index in [0.29, 0.717) is 0 Å². The molecule has 19 heavy (non-hydrogen) atoms. The van der Waals surface area contributed by atoms with Gasteiger partial charge in [0, 0.05) is 11.9 Å². The van der Waals surface area contributed by atoms with Gasteiger partial charge in [-0.2, -0.15) is 0 Å². The zero-order chi connectivity index (χ0) is 13.7. The number of methoxy groups -OCH3 is 1. The number of nitrogens with one attached hydrogen (secondary N) is 1. The highest BCUT2D eigenvalue weighted by Gasteiger charge is 2.06. The van der Waals surface area contributed by atoms with E-state index in [1.54, 1.807) is 7.11 Å². The molecule has 1 unspecified atom stereocenters. The van der Waals surface area contributed by atoms with Crippen molar-refractivity contribution in [2.45, 2.75) is 26.8 Å². The van der Waals surface area contributed by atoms with E-state index in [9.17, 15) is 0 Å². The molecule has 1 atom stereocenters. The van der Waals surface area contributed by atoms with Crippen LogP contribution in [0, 0.1) is 5.92 Å². The molecule has 0 aliphatic rings. The summed E-state index contributed by atoms with van der Waals surface area (Å²) in [6.45, 7) is 6.49. The lowest BCUT2D eigenvalue weighted by atomic mass is 10.0. The van der Waals surface area contributed by atoms with Crippen LogP contribution in [0.2, 0.25) is 0 Å². The van der Waals surface area contributed by atoms with Crippen molar-refractivity contribution in [2.24, 2.45) is 5.92 Å². The van der Waals surface area contributed by atoms with Crippen LogP contribution in [0.25, 0.3) is 10.8 Å². The molecule has 1 N–H and O–H groups in total. The number of benzene rings is 2. The van der Waals surface area contributed by atoms with E-state index in [1.807, 2.05) is 0 Å². The summed E-state index contributed by atoms with van der Waals surface area (Å²) in [7, 11) is 1.72. The fraction of sp³-hybridized carbons (Fsp3) is 0.412. The monoisotopic (exact) mass is 257 g/mol. The Morgan fingerprint density at radius 3 is 2.53 bits per heavy atom. The first-order valence-electron chi connectivity index (χ1n) is 7.01. The molecule has 2 heteroatoms. The Morgan fingerprint density at radius 2 is 1.84 bits per heavy atom. The maximum Gasteiger partial charge on any atom is 0.126 e. The molecule has 0 aromatic heterocycles. The summed E-state index contributed by atoms with van der Waals surface area (Å²) >= 11 is 0. The first-order chi connectivity index (χ1) is 9.26. The normalized spacial score (nSPS) is 12.6. The van der Waals surface area contributed by atoms with Crippen molar-refractivity contribution >= 4 is 10.8 Å². The van der Waals surface area contributed by atoms with Crippen molar-refractivity contribution in [2.75, 3.05) is 13.7 Å². The molecule has 2 aromatic rings. The van der Waals surface area contributed by atoms with E-state index in [4.69, 9.17) is 4.74 Å². The molecule has 0 fully saturated rings. The zero-order valence-electron chi connectivity index (χ0n) is 12.1. The van der Waals surface area contributed by atoms with Crippen molar-refractivity contribution in [1.82, 2.24) is 5.32 Å². The van der Waals surface area contributed by atoms with Crippen LogP contribution < -0.4 is 10.1 Å². The maximum absolute atomic E-state index is 5.42. The summed E-state index contributed by atoms with van der Waals surface area (Å²) < 4.78 is 5.42. The lowest BCUT2D eigenvalue weighted by Crippen LogP contribution is -2.20. The molecule has 2 rings (SSSR count). The summed E-state index contributed by atoms with van der Waals surface area (Å²) in [5.74, 6) is 1.67. The highest BCUT2D eigenvalue weighted by Crippen LogP contribution is 2.28.